The molecule has 4 aromatic rings. The van der Waals surface area contributed by atoms with Gasteiger partial charge in [0.1, 0.15) is 0 Å². The van der Waals surface area contributed by atoms with Crippen molar-refractivity contribution in [1.82, 2.24) is 5.06 Å². The molecule has 0 saturated heterocycles. The molecule has 2 unspecified atom stereocenters. The van der Waals surface area contributed by atoms with Gasteiger partial charge in [0.05, 0.1) is 60.5 Å². The summed E-state index contributed by atoms with van der Waals surface area (Å²) in [6.45, 7) is 4.49. The van der Waals surface area contributed by atoms with Crippen molar-refractivity contribution in [2.45, 2.75) is 69.0 Å². The molecular weight excluding hydrogens is 828 g/mol. The van der Waals surface area contributed by atoms with Gasteiger partial charge < -0.3 is 28.9 Å². The molecule has 18 heteroatoms. The summed E-state index contributed by atoms with van der Waals surface area (Å²) in [7, 11) is 3.23. The molecule has 4 N–H and O–H groups in total. The lowest BCUT2D eigenvalue weighted by Gasteiger charge is -2.22. The summed E-state index contributed by atoms with van der Waals surface area (Å²) < 4.78 is 25.4. The van der Waals surface area contributed by atoms with E-state index < -0.39 is 23.8 Å². The first-order valence-electron chi connectivity index (χ1n) is 17.8. The number of nitrogens with zero attached hydrogens (tertiary/aromatic N) is 1. The summed E-state index contributed by atoms with van der Waals surface area (Å²) in [5.74, 6) is 1.27. The summed E-state index contributed by atoms with van der Waals surface area (Å²) in [5.41, 5.74) is 1.33. The number of carbonyl (C=O) groups is 6. The van der Waals surface area contributed by atoms with Gasteiger partial charge in [0.15, 0.2) is 0 Å². The van der Waals surface area contributed by atoms with Crippen LogP contribution in [-0.4, -0.2) is 102 Å². The molecule has 2 aliphatic rings. The lowest BCUT2D eigenvalue weighted by Crippen LogP contribution is -2.37. The van der Waals surface area contributed by atoms with Crippen molar-refractivity contribution in [2.24, 2.45) is 5.90 Å². The molecule has 0 spiro atoms. The zero-order valence-corrected chi connectivity index (χ0v) is 34.7. The number of esters is 4. The number of hydrogen-bond donors (Lipinski definition) is 3. The number of hydroxylamine groups is 2. The molecular formula is C41H61ClN2O13S2. The van der Waals surface area contributed by atoms with Crippen LogP contribution in [0.4, 0.5) is 0 Å². The highest BCUT2D eigenvalue weighted by atomic mass is 35.5. The zero-order valence-electron chi connectivity index (χ0n) is 32.2. The van der Waals surface area contributed by atoms with Crippen molar-refractivity contribution in [3.05, 3.63) is 82.9 Å². The number of benzene rings is 4. The molecule has 2 amide bonds. The molecule has 0 aromatic heterocycles. The number of rotatable bonds is 16. The smallest absolute Gasteiger partial charge is 0.346 e. The van der Waals surface area contributed by atoms with Gasteiger partial charge in [-0.3, -0.25) is 24.4 Å². The Balaban J connectivity index is -0.000000318. The third-order valence-electron chi connectivity index (χ3n) is 8.98. The number of amides is 2. The molecule has 0 radical (unpaired) electrons. The van der Waals surface area contributed by atoms with E-state index in [0.717, 1.165) is 20.6 Å². The predicted octanol–water partition coefficient (Wildman–Crippen LogP) is 8.74. The highest BCUT2D eigenvalue weighted by molar-refractivity contribution is 7.99. The number of ether oxygens (including phenoxy) is 5. The largest absolute Gasteiger partial charge is 0.466 e. The minimum absolute atomic E-state index is 0. The zero-order chi connectivity index (χ0) is 41.6. The molecule has 0 fully saturated rings. The molecule has 2 heterocycles. The number of methoxy groups -OCH3 is 2. The molecule has 0 bridgehead atoms. The normalized spacial score (nSPS) is 13.4. The van der Waals surface area contributed by atoms with Gasteiger partial charge in [-0.25, -0.2) is 15.5 Å². The molecule has 0 aliphatic carbocycles. The van der Waals surface area contributed by atoms with Crippen molar-refractivity contribution in [3.63, 3.8) is 0 Å². The van der Waals surface area contributed by atoms with E-state index in [1.54, 1.807) is 56.7 Å². The van der Waals surface area contributed by atoms with Gasteiger partial charge in [-0.05, 0) is 61.0 Å². The third-order valence-corrected chi connectivity index (χ3v) is 11.1. The SMILES string of the molecule is C.COC(C)CCOC(=O)CCSc1ccc2c3c(cccc13)C(=O)N(O)C2=O.COC(C)CCOC(=O)CCSc1ccc2c3c(cccc13)C(=O)OC2=O.Cl.NO.[HH].[HH].[HH].[HH].[HH].[HH]. The van der Waals surface area contributed by atoms with E-state index in [-0.39, 0.29) is 81.6 Å². The number of imide groups is 1. The highest BCUT2D eigenvalue weighted by Gasteiger charge is 2.32. The lowest BCUT2D eigenvalue weighted by molar-refractivity contribution is -0.144. The van der Waals surface area contributed by atoms with E-state index in [2.05, 4.69) is 5.90 Å². The van der Waals surface area contributed by atoms with Crippen LogP contribution in [0.2, 0.25) is 0 Å². The molecule has 15 nitrogen and oxygen atoms in total. The van der Waals surface area contributed by atoms with Crippen molar-refractivity contribution >= 4 is 93.2 Å². The van der Waals surface area contributed by atoms with Crippen molar-refractivity contribution in [1.29, 1.82) is 0 Å². The van der Waals surface area contributed by atoms with E-state index >= 15 is 0 Å². The molecule has 4 aromatic carbocycles. The summed E-state index contributed by atoms with van der Waals surface area (Å²) >= 11 is 2.94. The molecule has 59 heavy (non-hydrogen) atoms. The van der Waals surface area contributed by atoms with Crippen molar-refractivity contribution in [2.75, 3.05) is 38.9 Å². The van der Waals surface area contributed by atoms with Gasteiger partial charge in [-0.1, -0.05) is 31.7 Å². The maximum atomic E-state index is 12.2. The van der Waals surface area contributed by atoms with Crippen LogP contribution < -0.4 is 5.90 Å². The predicted molar refractivity (Wildman–Crippen MR) is 237 cm³/mol. The minimum Gasteiger partial charge on any atom is -0.466 e. The first-order valence-corrected chi connectivity index (χ1v) is 19.8. The Kier molecular flexibility index (Phi) is 21.0. The summed E-state index contributed by atoms with van der Waals surface area (Å²) in [4.78, 5) is 73.7. The fraction of sp³-hybridized carbons (Fsp3) is 0.366. The van der Waals surface area contributed by atoms with Crippen LogP contribution in [0.25, 0.3) is 21.5 Å². The molecule has 6 rings (SSSR count). The number of cyclic esters (lactones) is 2. The number of carbonyl (C=O) groups excluding carboxylic acids is 6. The monoisotopic (exact) mass is 888 g/mol. The van der Waals surface area contributed by atoms with Crippen molar-refractivity contribution in [3.8, 4) is 0 Å². The fourth-order valence-corrected chi connectivity index (χ4v) is 7.73. The van der Waals surface area contributed by atoms with Crippen LogP contribution in [-0.2, 0) is 33.3 Å². The maximum absolute atomic E-state index is 12.2. The van der Waals surface area contributed by atoms with Crippen molar-refractivity contribution < 1.29 is 71.4 Å². The lowest BCUT2D eigenvalue weighted by atomic mass is 9.95. The maximum Gasteiger partial charge on any atom is 0.346 e. The Morgan fingerprint density at radius 2 is 1.08 bits per heavy atom. The molecule has 2 atom stereocenters. The van der Waals surface area contributed by atoms with Crippen LogP contribution in [0.1, 0.15) is 96.9 Å². The average molecular weight is 890 g/mol. The summed E-state index contributed by atoms with van der Waals surface area (Å²) in [6.07, 6.45) is 1.93. The summed E-state index contributed by atoms with van der Waals surface area (Å²) in [6, 6.07) is 17.2. The van der Waals surface area contributed by atoms with Crippen LogP contribution >= 0.6 is 35.9 Å². The van der Waals surface area contributed by atoms with E-state index in [0.29, 0.717) is 59.5 Å². The molecule has 0 saturated carbocycles. The second-order valence-electron chi connectivity index (χ2n) is 12.6. The third kappa shape index (κ3) is 12.7. The van der Waals surface area contributed by atoms with E-state index in [1.165, 1.54) is 23.5 Å². The molecule has 2 aliphatic heterocycles. The Labute approximate surface area is 365 Å². The van der Waals surface area contributed by atoms with E-state index in [1.807, 2.05) is 32.0 Å². The van der Waals surface area contributed by atoms with Crippen LogP contribution in [0, 0.1) is 0 Å². The standard InChI is InChI=1S/C20H21NO6S.C20H20O6S.CH4.ClH.H3NO.6H2/c1-12(26-2)8-10-27-17(22)9-11-28-16-7-6-15-18-13(16)4-3-5-14(18)19(23)21(25)20(15)24;1-12(24-2)8-10-25-17(21)9-11-27-16-7-6-15-18-13(16)4-3-5-14(18)19(22)26-20(15)23;;;1-2;;;;;;/h3-7,12,25H,8-11H2,1-2H3;3-7,12H,8-11H2,1-2H3;1H4;1H;2H,1H2;6*1H. The number of thioether (sulfide) groups is 2. The van der Waals surface area contributed by atoms with E-state index in [4.69, 9.17) is 28.9 Å². The quantitative estimate of drug-likeness (QED) is 0.0182. The Morgan fingerprint density at radius 1 is 0.695 bits per heavy atom. The van der Waals surface area contributed by atoms with Crippen LogP contribution in [0.15, 0.2) is 70.5 Å². The number of nitrogens with two attached hydrogens (primary N) is 1. The number of hydrogen-bond acceptors (Lipinski definition) is 16. The van der Waals surface area contributed by atoms with Gasteiger partial charge >= 0.3 is 23.9 Å². The van der Waals surface area contributed by atoms with Gasteiger partial charge in [0, 0.05) is 67.7 Å². The van der Waals surface area contributed by atoms with Gasteiger partial charge in [-0.2, -0.15) is 0 Å². The summed E-state index contributed by atoms with van der Waals surface area (Å²) in [5, 5.41) is 19.0. The van der Waals surface area contributed by atoms with Gasteiger partial charge in [0.25, 0.3) is 11.8 Å². The first kappa shape index (κ1) is 50.6. The Morgan fingerprint density at radius 3 is 1.54 bits per heavy atom. The minimum atomic E-state index is -0.737. The first-order chi connectivity index (χ1) is 27.4. The molecule has 332 valence electrons. The van der Waals surface area contributed by atoms with Gasteiger partial charge in [-0.15, -0.1) is 41.0 Å². The van der Waals surface area contributed by atoms with Gasteiger partial charge in [0.2, 0.25) is 0 Å². The second kappa shape index (κ2) is 24.5. The second-order valence-corrected chi connectivity index (χ2v) is 14.9. The Bertz CT molecular complexity index is 2120. The van der Waals surface area contributed by atoms with Crippen LogP contribution in [0.3, 0.4) is 0 Å². The number of halogens is 1. The highest BCUT2D eigenvalue weighted by Crippen LogP contribution is 2.37. The Hall–Kier alpha value is -4.59. The van der Waals surface area contributed by atoms with E-state index in [9.17, 15) is 34.0 Å². The fourth-order valence-electron chi connectivity index (χ4n) is 5.77. The average Bonchev–Trinajstić information content (AvgIpc) is 3.22. The topological polar surface area (TPSA) is 218 Å². The van der Waals surface area contributed by atoms with Crippen LogP contribution in [0.5, 0.6) is 0 Å².